The number of hydrogen-bond acceptors (Lipinski definition) is 3. The normalized spacial score (nSPS) is 10.5. The molecule has 0 spiro atoms. The average molecular weight is 266 g/mol. The molecule has 4 nitrogen and oxygen atoms in total. The maximum absolute atomic E-state index is 13.3. The first kappa shape index (κ1) is 13.2. The summed E-state index contributed by atoms with van der Waals surface area (Å²) in [7, 11) is 0. The Labute approximate surface area is 108 Å². The molecule has 0 aliphatic carbocycles. The minimum absolute atomic E-state index is 0.0391. The highest BCUT2D eigenvalue weighted by molar-refractivity contribution is 5.90. The Balaban J connectivity index is 1.90. The maximum atomic E-state index is 13.3. The summed E-state index contributed by atoms with van der Waals surface area (Å²) in [6.07, 6.45) is 2.01. The van der Waals surface area contributed by atoms with Crippen molar-refractivity contribution < 1.29 is 18.0 Å². The van der Waals surface area contributed by atoms with Crippen molar-refractivity contribution in [3.8, 4) is 0 Å². The van der Waals surface area contributed by atoms with Crippen molar-refractivity contribution in [1.29, 1.82) is 0 Å². The first-order valence-corrected chi connectivity index (χ1v) is 5.70. The van der Waals surface area contributed by atoms with E-state index in [2.05, 4.69) is 10.3 Å². The molecule has 0 saturated carbocycles. The Morgan fingerprint density at radius 3 is 2.84 bits per heavy atom. The van der Waals surface area contributed by atoms with Crippen LogP contribution in [0.25, 0.3) is 0 Å². The monoisotopic (exact) mass is 266 g/mol. The lowest BCUT2D eigenvalue weighted by molar-refractivity contribution is -0.116. The van der Waals surface area contributed by atoms with E-state index in [4.69, 9.17) is 4.42 Å². The average Bonchev–Trinajstić information content (AvgIpc) is 2.76. The molecule has 100 valence electrons. The van der Waals surface area contributed by atoms with Gasteiger partial charge in [0.25, 0.3) is 0 Å². The second-order valence-corrected chi connectivity index (χ2v) is 4.03. The van der Waals surface area contributed by atoms with Gasteiger partial charge in [0.05, 0.1) is 11.4 Å². The summed E-state index contributed by atoms with van der Waals surface area (Å²) in [4.78, 5) is 15.6. The number of nitrogens with zero attached hydrogens (tertiary/aromatic N) is 1. The number of carbonyl (C=O) groups is 1. The number of halogens is 2. The third kappa shape index (κ3) is 3.61. The van der Waals surface area contributed by atoms with Crippen LogP contribution in [0.5, 0.6) is 0 Å². The van der Waals surface area contributed by atoms with E-state index in [1.54, 1.807) is 6.92 Å². The quantitative estimate of drug-likeness (QED) is 0.925. The molecule has 2 aromatic rings. The van der Waals surface area contributed by atoms with Crippen molar-refractivity contribution in [2.75, 3.05) is 5.32 Å². The van der Waals surface area contributed by atoms with Crippen LogP contribution < -0.4 is 5.32 Å². The van der Waals surface area contributed by atoms with Crippen LogP contribution in [-0.4, -0.2) is 10.9 Å². The standard InChI is InChI=1S/C13H12F2N2O2/c1-8-16-10(7-19-8)3-5-13(18)17-12-4-2-9(14)6-11(12)15/h2,4,6-7H,3,5H2,1H3,(H,17,18). The fourth-order valence-electron chi connectivity index (χ4n) is 1.57. The lowest BCUT2D eigenvalue weighted by Gasteiger charge is -2.05. The van der Waals surface area contributed by atoms with Gasteiger partial charge in [0.1, 0.15) is 17.9 Å². The van der Waals surface area contributed by atoms with Gasteiger partial charge in [0.15, 0.2) is 5.89 Å². The zero-order chi connectivity index (χ0) is 13.8. The highest BCUT2D eigenvalue weighted by Gasteiger charge is 2.09. The van der Waals surface area contributed by atoms with Crippen molar-refractivity contribution in [3.63, 3.8) is 0 Å². The molecule has 6 heteroatoms. The molecule has 0 saturated heterocycles. The summed E-state index contributed by atoms with van der Waals surface area (Å²) < 4.78 is 31.0. The van der Waals surface area contributed by atoms with Gasteiger partial charge in [-0.25, -0.2) is 13.8 Å². The van der Waals surface area contributed by atoms with Crippen LogP contribution >= 0.6 is 0 Å². The minimum Gasteiger partial charge on any atom is -0.449 e. The Kier molecular flexibility index (Phi) is 3.89. The number of amides is 1. The molecular weight excluding hydrogens is 254 g/mol. The van der Waals surface area contributed by atoms with Gasteiger partial charge in [-0.15, -0.1) is 0 Å². The van der Waals surface area contributed by atoms with E-state index in [-0.39, 0.29) is 18.0 Å². The lowest BCUT2D eigenvalue weighted by Crippen LogP contribution is -2.13. The number of aromatic nitrogens is 1. The molecular formula is C13H12F2N2O2. The highest BCUT2D eigenvalue weighted by atomic mass is 19.1. The number of aryl methyl sites for hydroxylation is 2. The van der Waals surface area contributed by atoms with Crippen molar-refractivity contribution in [2.24, 2.45) is 0 Å². The molecule has 0 atom stereocenters. The number of nitrogens with one attached hydrogen (secondary N) is 1. The minimum atomic E-state index is -0.800. The van der Waals surface area contributed by atoms with E-state index in [0.29, 0.717) is 18.0 Å². The van der Waals surface area contributed by atoms with Crippen molar-refractivity contribution in [1.82, 2.24) is 4.98 Å². The molecule has 0 bridgehead atoms. The predicted octanol–water partition coefficient (Wildman–Crippen LogP) is 2.83. The summed E-state index contributed by atoms with van der Waals surface area (Å²) in [5.74, 6) is -1.33. The number of anilines is 1. The Morgan fingerprint density at radius 1 is 1.42 bits per heavy atom. The molecule has 2 rings (SSSR count). The Bertz CT molecular complexity index is 596. The molecule has 1 aromatic heterocycles. The second-order valence-electron chi connectivity index (χ2n) is 4.03. The summed E-state index contributed by atoms with van der Waals surface area (Å²) in [5, 5.41) is 2.38. The molecule has 19 heavy (non-hydrogen) atoms. The largest absolute Gasteiger partial charge is 0.449 e. The smallest absolute Gasteiger partial charge is 0.224 e. The van der Waals surface area contributed by atoms with Gasteiger partial charge in [-0.05, 0) is 12.1 Å². The fourth-order valence-corrected chi connectivity index (χ4v) is 1.57. The summed E-state index contributed by atoms with van der Waals surface area (Å²) in [6.45, 7) is 1.71. The predicted molar refractivity (Wildman–Crippen MR) is 64.5 cm³/mol. The maximum Gasteiger partial charge on any atom is 0.224 e. The van der Waals surface area contributed by atoms with Gasteiger partial charge in [-0.3, -0.25) is 4.79 Å². The topological polar surface area (TPSA) is 55.1 Å². The van der Waals surface area contributed by atoms with E-state index >= 15 is 0 Å². The number of benzene rings is 1. The highest BCUT2D eigenvalue weighted by Crippen LogP contribution is 2.15. The Morgan fingerprint density at radius 2 is 2.21 bits per heavy atom. The van der Waals surface area contributed by atoms with Crippen LogP contribution in [0.3, 0.4) is 0 Å². The van der Waals surface area contributed by atoms with Crippen LogP contribution in [-0.2, 0) is 11.2 Å². The van der Waals surface area contributed by atoms with E-state index in [0.717, 1.165) is 12.1 Å². The van der Waals surface area contributed by atoms with Crippen LogP contribution in [0.2, 0.25) is 0 Å². The zero-order valence-electron chi connectivity index (χ0n) is 10.2. The van der Waals surface area contributed by atoms with Gasteiger partial charge >= 0.3 is 0 Å². The van der Waals surface area contributed by atoms with Crippen LogP contribution in [0.4, 0.5) is 14.5 Å². The third-order valence-electron chi connectivity index (χ3n) is 2.48. The van der Waals surface area contributed by atoms with Crippen LogP contribution in [0.15, 0.2) is 28.9 Å². The fraction of sp³-hybridized carbons (Fsp3) is 0.231. The summed E-state index contributed by atoms with van der Waals surface area (Å²) >= 11 is 0. The first-order valence-electron chi connectivity index (χ1n) is 5.70. The molecule has 0 radical (unpaired) electrons. The molecule has 0 unspecified atom stereocenters. The molecule has 0 aliphatic rings. The lowest BCUT2D eigenvalue weighted by atomic mass is 10.2. The number of carbonyl (C=O) groups excluding carboxylic acids is 1. The molecule has 1 heterocycles. The number of hydrogen-bond donors (Lipinski definition) is 1. The zero-order valence-corrected chi connectivity index (χ0v) is 10.2. The third-order valence-corrected chi connectivity index (χ3v) is 2.48. The van der Waals surface area contributed by atoms with Gasteiger partial charge in [-0.1, -0.05) is 0 Å². The van der Waals surface area contributed by atoms with E-state index in [1.807, 2.05) is 0 Å². The van der Waals surface area contributed by atoms with Crippen molar-refractivity contribution in [2.45, 2.75) is 19.8 Å². The van der Waals surface area contributed by atoms with Gasteiger partial charge in [0.2, 0.25) is 5.91 Å². The molecule has 1 amide bonds. The summed E-state index contributed by atoms with van der Waals surface area (Å²) in [5.41, 5.74) is 0.620. The first-order chi connectivity index (χ1) is 9.04. The number of rotatable bonds is 4. The second kappa shape index (κ2) is 5.60. The van der Waals surface area contributed by atoms with E-state index in [1.165, 1.54) is 12.3 Å². The number of oxazole rings is 1. The van der Waals surface area contributed by atoms with Crippen LogP contribution in [0.1, 0.15) is 18.0 Å². The molecule has 1 N–H and O–H groups in total. The summed E-state index contributed by atoms with van der Waals surface area (Å²) in [6, 6.07) is 2.99. The van der Waals surface area contributed by atoms with E-state index in [9.17, 15) is 13.6 Å². The SMILES string of the molecule is Cc1nc(CCC(=O)Nc2ccc(F)cc2F)co1. The van der Waals surface area contributed by atoms with Gasteiger partial charge < -0.3 is 9.73 Å². The van der Waals surface area contributed by atoms with Gasteiger partial charge in [-0.2, -0.15) is 0 Å². The van der Waals surface area contributed by atoms with Gasteiger partial charge in [0, 0.05) is 25.8 Å². The molecule has 1 aromatic carbocycles. The molecule has 0 fully saturated rings. The Hall–Kier alpha value is -2.24. The van der Waals surface area contributed by atoms with Crippen molar-refractivity contribution >= 4 is 11.6 Å². The van der Waals surface area contributed by atoms with E-state index < -0.39 is 11.6 Å². The van der Waals surface area contributed by atoms with Crippen LogP contribution in [0, 0.1) is 18.6 Å². The van der Waals surface area contributed by atoms with Crippen molar-refractivity contribution in [3.05, 3.63) is 47.7 Å². The molecule has 0 aliphatic heterocycles.